The Morgan fingerprint density at radius 3 is 2.65 bits per heavy atom. The van der Waals surface area contributed by atoms with Crippen LogP contribution in [0.15, 0.2) is 18.2 Å². The van der Waals surface area contributed by atoms with Crippen molar-refractivity contribution in [1.82, 2.24) is 0 Å². The number of ether oxygens (including phenoxy) is 2. The van der Waals surface area contributed by atoms with Gasteiger partial charge in [-0.1, -0.05) is 32.3 Å². The van der Waals surface area contributed by atoms with Gasteiger partial charge in [-0.05, 0) is 12.5 Å². The van der Waals surface area contributed by atoms with Gasteiger partial charge in [0.1, 0.15) is 11.6 Å². The molecule has 3 heteroatoms. The highest BCUT2D eigenvalue weighted by Gasteiger charge is 2.03. The highest BCUT2D eigenvalue weighted by Crippen LogP contribution is 2.17. The van der Waals surface area contributed by atoms with Crippen LogP contribution in [0.1, 0.15) is 38.2 Å². The summed E-state index contributed by atoms with van der Waals surface area (Å²) in [5, 5.41) is 0. The molecule has 0 aliphatic heterocycles. The molecule has 2 nitrogen and oxygen atoms in total. The lowest BCUT2D eigenvalue weighted by Gasteiger charge is -2.08. The SMILES string of the molecule is CCCCCCOc1ccc(COC)c(F)c1. The molecule has 1 aromatic rings. The molecule has 17 heavy (non-hydrogen) atoms. The van der Waals surface area contributed by atoms with E-state index in [1.54, 1.807) is 19.2 Å². The number of halogens is 1. The number of hydrogen-bond acceptors (Lipinski definition) is 2. The van der Waals surface area contributed by atoms with E-state index < -0.39 is 0 Å². The predicted molar refractivity (Wildman–Crippen MR) is 66.8 cm³/mol. The molecule has 0 unspecified atom stereocenters. The van der Waals surface area contributed by atoms with Gasteiger partial charge in [0.15, 0.2) is 0 Å². The van der Waals surface area contributed by atoms with E-state index in [-0.39, 0.29) is 5.82 Å². The van der Waals surface area contributed by atoms with Crippen LogP contribution in [0, 0.1) is 5.82 Å². The van der Waals surface area contributed by atoms with Crippen LogP contribution in [0.3, 0.4) is 0 Å². The van der Waals surface area contributed by atoms with Crippen LogP contribution in [-0.4, -0.2) is 13.7 Å². The zero-order valence-electron chi connectivity index (χ0n) is 10.7. The number of benzene rings is 1. The Labute approximate surface area is 103 Å². The minimum atomic E-state index is -0.266. The van der Waals surface area contributed by atoms with Crippen molar-refractivity contribution >= 4 is 0 Å². The summed E-state index contributed by atoms with van der Waals surface area (Å²) in [5.41, 5.74) is 0.561. The third-order valence-electron chi connectivity index (χ3n) is 2.59. The molecule has 0 saturated carbocycles. The van der Waals surface area contributed by atoms with E-state index in [2.05, 4.69) is 6.92 Å². The maximum absolute atomic E-state index is 13.5. The Hall–Kier alpha value is -1.09. The quantitative estimate of drug-likeness (QED) is 0.641. The number of methoxy groups -OCH3 is 1. The van der Waals surface area contributed by atoms with Crippen molar-refractivity contribution in [2.75, 3.05) is 13.7 Å². The summed E-state index contributed by atoms with van der Waals surface area (Å²) < 4.78 is 23.9. The summed E-state index contributed by atoms with van der Waals surface area (Å²) in [6.45, 7) is 3.12. The van der Waals surface area contributed by atoms with Crippen LogP contribution >= 0.6 is 0 Å². The molecule has 1 aromatic carbocycles. The zero-order valence-corrected chi connectivity index (χ0v) is 10.7. The van der Waals surface area contributed by atoms with Crippen LogP contribution in [0.5, 0.6) is 5.75 Å². The van der Waals surface area contributed by atoms with Gasteiger partial charge in [0.25, 0.3) is 0 Å². The summed E-state index contributed by atoms with van der Waals surface area (Å²) >= 11 is 0. The van der Waals surface area contributed by atoms with Crippen molar-refractivity contribution in [2.24, 2.45) is 0 Å². The summed E-state index contributed by atoms with van der Waals surface area (Å²) in [6, 6.07) is 4.92. The molecule has 0 spiro atoms. The van der Waals surface area contributed by atoms with E-state index >= 15 is 0 Å². The Bertz CT molecular complexity index is 326. The molecule has 0 atom stereocenters. The topological polar surface area (TPSA) is 18.5 Å². The Balaban J connectivity index is 2.36. The molecular weight excluding hydrogens is 219 g/mol. The van der Waals surface area contributed by atoms with Crippen LogP contribution in [0.25, 0.3) is 0 Å². The molecule has 0 radical (unpaired) electrons. The van der Waals surface area contributed by atoms with E-state index in [0.29, 0.717) is 24.5 Å². The number of rotatable bonds is 8. The van der Waals surface area contributed by atoms with Gasteiger partial charge in [0, 0.05) is 18.7 Å². The Kier molecular flexibility index (Phi) is 6.63. The average molecular weight is 240 g/mol. The van der Waals surface area contributed by atoms with E-state index in [1.165, 1.54) is 25.3 Å². The van der Waals surface area contributed by atoms with Gasteiger partial charge in [-0.2, -0.15) is 0 Å². The lowest BCUT2D eigenvalue weighted by molar-refractivity contribution is 0.181. The van der Waals surface area contributed by atoms with Crippen molar-refractivity contribution in [2.45, 2.75) is 39.2 Å². The molecular formula is C14H21FO2. The van der Waals surface area contributed by atoms with E-state index in [9.17, 15) is 4.39 Å². The Morgan fingerprint density at radius 1 is 1.18 bits per heavy atom. The molecule has 0 amide bonds. The maximum atomic E-state index is 13.5. The third kappa shape index (κ3) is 5.18. The predicted octanol–water partition coefficient (Wildman–Crippen LogP) is 3.93. The van der Waals surface area contributed by atoms with E-state index in [0.717, 1.165) is 6.42 Å². The minimum absolute atomic E-state index is 0.266. The van der Waals surface area contributed by atoms with Gasteiger partial charge in [-0.15, -0.1) is 0 Å². The van der Waals surface area contributed by atoms with Crippen molar-refractivity contribution in [3.63, 3.8) is 0 Å². The van der Waals surface area contributed by atoms with Crippen LogP contribution in [0.2, 0.25) is 0 Å². The third-order valence-corrected chi connectivity index (χ3v) is 2.59. The first kappa shape index (κ1) is 14.0. The van der Waals surface area contributed by atoms with Gasteiger partial charge < -0.3 is 9.47 Å². The highest BCUT2D eigenvalue weighted by atomic mass is 19.1. The molecule has 0 N–H and O–H groups in total. The summed E-state index contributed by atoms with van der Waals surface area (Å²) in [6.07, 6.45) is 4.63. The monoisotopic (exact) mass is 240 g/mol. The fourth-order valence-corrected chi connectivity index (χ4v) is 1.61. The summed E-state index contributed by atoms with van der Waals surface area (Å²) in [7, 11) is 1.55. The van der Waals surface area contributed by atoms with Gasteiger partial charge in [0.2, 0.25) is 0 Å². The first-order valence-corrected chi connectivity index (χ1v) is 6.18. The second-order valence-electron chi connectivity index (χ2n) is 4.10. The normalized spacial score (nSPS) is 10.5. The van der Waals surface area contributed by atoms with Crippen LogP contribution in [0.4, 0.5) is 4.39 Å². The second-order valence-corrected chi connectivity index (χ2v) is 4.10. The molecule has 0 saturated heterocycles. The van der Waals surface area contributed by atoms with Crippen LogP contribution in [-0.2, 0) is 11.3 Å². The first-order chi connectivity index (χ1) is 8.27. The molecule has 0 heterocycles. The average Bonchev–Trinajstić information content (AvgIpc) is 2.32. The van der Waals surface area contributed by atoms with Gasteiger partial charge in [-0.25, -0.2) is 4.39 Å². The molecule has 1 rings (SSSR count). The number of hydrogen-bond donors (Lipinski definition) is 0. The molecule has 0 fully saturated rings. The van der Waals surface area contributed by atoms with Crippen molar-refractivity contribution in [3.8, 4) is 5.75 Å². The van der Waals surface area contributed by atoms with Gasteiger partial charge in [-0.3, -0.25) is 0 Å². The largest absolute Gasteiger partial charge is 0.493 e. The fourth-order valence-electron chi connectivity index (χ4n) is 1.61. The highest BCUT2D eigenvalue weighted by molar-refractivity contribution is 5.28. The van der Waals surface area contributed by atoms with Crippen molar-refractivity contribution in [3.05, 3.63) is 29.6 Å². The lowest BCUT2D eigenvalue weighted by Crippen LogP contribution is -1.99. The molecule has 0 aromatic heterocycles. The molecule has 0 aliphatic rings. The summed E-state index contributed by atoms with van der Waals surface area (Å²) in [4.78, 5) is 0. The van der Waals surface area contributed by atoms with Crippen LogP contribution < -0.4 is 4.74 Å². The summed E-state index contributed by atoms with van der Waals surface area (Å²) in [5.74, 6) is 0.330. The van der Waals surface area contributed by atoms with E-state index in [1.807, 2.05) is 0 Å². The van der Waals surface area contributed by atoms with Gasteiger partial charge >= 0.3 is 0 Å². The molecule has 0 bridgehead atoms. The standard InChI is InChI=1S/C14H21FO2/c1-3-4-5-6-9-17-13-8-7-12(11-16-2)14(15)10-13/h7-8,10H,3-6,9,11H2,1-2H3. The number of unbranched alkanes of at least 4 members (excludes halogenated alkanes) is 3. The van der Waals surface area contributed by atoms with Crippen molar-refractivity contribution in [1.29, 1.82) is 0 Å². The Morgan fingerprint density at radius 2 is 2.00 bits per heavy atom. The molecule has 96 valence electrons. The fraction of sp³-hybridized carbons (Fsp3) is 0.571. The maximum Gasteiger partial charge on any atom is 0.132 e. The zero-order chi connectivity index (χ0) is 12.5. The minimum Gasteiger partial charge on any atom is -0.493 e. The van der Waals surface area contributed by atoms with Gasteiger partial charge in [0.05, 0.1) is 13.2 Å². The second kappa shape index (κ2) is 8.07. The molecule has 0 aliphatic carbocycles. The lowest BCUT2D eigenvalue weighted by atomic mass is 10.2. The first-order valence-electron chi connectivity index (χ1n) is 6.18. The van der Waals surface area contributed by atoms with E-state index in [4.69, 9.17) is 9.47 Å². The van der Waals surface area contributed by atoms with Crippen molar-refractivity contribution < 1.29 is 13.9 Å². The smallest absolute Gasteiger partial charge is 0.132 e.